The van der Waals surface area contributed by atoms with Crippen LogP contribution in [0.3, 0.4) is 0 Å². The first-order valence-corrected chi connectivity index (χ1v) is 11.5. The summed E-state index contributed by atoms with van der Waals surface area (Å²) in [7, 11) is 2.02. The number of hydrogen-bond donors (Lipinski definition) is 2. The Balaban J connectivity index is 1.36. The Kier molecular flexibility index (Phi) is 6.88. The number of benzene rings is 1. The zero-order valence-electron chi connectivity index (χ0n) is 19.1. The second-order valence-electron chi connectivity index (χ2n) is 9.16. The Hall–Kier alpha value is -2.98. The van der Waals surface area contributed by atoms with Gasteiger partial charge in [-0.25, -0.2) is 4.98 Å². The topological polar surface area (TPSA) is 57.3 Å². The average molecular weight is 500 g/mol. The summed E-state index contributed by atoms with van der Waals surface area (Å²) < 4.78 is 78.2. The highest BCUT2D eigenvalue weighted by molar-refractivity contribution is 5.95. The van der Waals surface area contributed by atoms with Crippen molar-refractivity contribution in [3.63, 3.8) is 0 Å². The van der Waals surface area contributed by atoms with Gasteiger partial charge in [-0.1, -0.05) is 0 Å². The number of fused-ring (bicyclic) bond motifs is 1. The van der Waals surface area contributed by atoms with Crippen LogP contribution in [0.2, 0.25) is 0 Å². The molecule has 1 aromatic carbocycles. The number of halogens is 6. The number of aryl methyl sites for hydroxylation is 1. The molecule has 2 aliphatic rings. The molecule has 1 amide bonds. The summed E-state index contributed by atoms with van der Waals surface area (Å²) in [5.74, 6) is -0.184. The van der Waals surface area contributed by atoms with Crippen molar-refractivity contribution < 1.29 is 31.1 Å². The molecule has 2 heterocycles. The molecule has 1 aliphatic carbocycles. The summed E-state index contributed by atoms with van der Waals surface area (Å²) in [4.78, 5) is 17.6. The minimum atomic E-state index is -4.99. The van der Waals surface area contributed by atoms with Gasteiger partial charge in [-0.05, 0) is 74.4 Å². The molecule has 35 heavy (non-hydrogen) atoms. The van der Waals surface area contributed by atoms with E-state index in [4.69, 9.17) is 0 Å². The first kappa shape index (κ1) is 25.1. The van der Waals surface area contributed by atoms with E-state index in [9.17, 15) is 31.1 Å². The molecule has 0 unspecified atom stereocenters. The fraction of sp³-hybridized carbons (Fsp3) is 0.500. The Morgan fingerprint density at radius 3 is 2.14 bits per heavy atom. The van der Waals surface area contributed by atoms with Crippen molar-refractivity contribution in [2.75, 3.05) is 23.8 Å². The largest absolute Gasteiger partial charge is 0.433 e. The molecule has 11 heteroatoms. The minimum absolute atomic E-state index is 0.117. The van der Waals surface area contributed by atoms with Crippen LogP contribution in [0.25, 0.3) is 0 Å². The van der Waals surface area contributed by atoms with Gasteiger partial charge in [0.15, 0.2) is 0 Å². The van der Waals surface area contributed by atoms with Crippen LogP contribution in [0.15, 0.2) is 30.3 Å². The van der Waals surface area contributed by atoms with E-state index in [0.29, 0.717) is 43.4 Å². The summed E-state index contributed by atoms with van der Waals surface area (Å²) in [5.41, 5.74) is -0.619. The van der Waals surface area contributed by atoms with Gasteiger partial charge in [0.1, 0.15) is 11.4 Å². The monoisotopic (exact) mass is 500 g/mol. The van der Waals surface area contributed by atoms with Crippen LogP contribution in [0, 0.1) is 0 Å². The lowest BCUT2D eigenvalue weighted by atomic mass is 9.90. The van der Waals surface area contributed by atoms with Crippen LogP contribution in [0.1, 0.15) is 59.4 Å². The van der Waals surface area contributed by atoms with Gasteiger partial charge in [-0.3, -0.25) is 4.79 Å². The summed E-state index contributed by atoms with van der Waals surface area (Å²) in [6.45, 7) is 0.977. The first-order valence-electron chi connectivity index (χ1n) is 11.5. The molecule has 1 aliphatic heterocycles. The van der Waals surface area contributed by atoms with Crippen LogP contribution in [0.5, 0.6) is 0 Å². The van der Waals surface area contributed by atoms with Crippen LogP contribution < -0.4 is 15.5 Å². The van der Waals surface area contributed by atoms with E-state index in [0.717, 1.165) is 30.6 Å². The number of nitrogens with zero attached hydrogens (tertiary/aromatic N) is 2. The number of carbonyl (C=O) groups excluding carboxylic acids is 1. The van der Waals surface area contributed by atoms with Crippen LogP contribution in [-0.4, -0.2) is 36.6 Å². The van der Waals surface area contributed by atoms with E-state index in [1.54, 1.807) is 6.07 Å². The van der Waals surface area contributed by atoms with Crippen molar-refractivity contribution in [1.82, 2.24) is 10.3 Å². The molecule has 2 N–H and O–H groups in total. The van der Waals surface area contributed by atoms with Gasteiger partial charge in [0.25, 0.3) is 5.91 Å². The number of rotatable bonds is 4. The molecule has 0 radical (unpaired) electrons. The third-order valence-corrected chi connectivity index (χ3v) is 6.53. The number of carbonyl (C=O) groups is 1. The SMILES string of the molecule is CN1CCCc2cc(C(=O)N[C@H]3CC[C@@H](Nc4cc(C(F)(F)F)nc(C(F)(F)F)c4)CC3)ccc21. The molecule has 2 aromatic rings. The summed E-state index contributed by atoms with van der Waals surface area (Å²) >= 11 is 0. The second kappa shape index (κ2) is 9.58. The molecule has 0 saturated heterocycles. The quantitative estimate of drug-likeness (QED) is 0.533. The van der Waals surface area contributed by atoms with E-state index in [1.807, 2.05) is 19.2 Å². The number of amides is 1. The molecule has 1 saturated carbocycles. The van der Waals surface area contributed by atoms with Gasteiger partial charge in [0.05, 0.1) is 0 Å². The van der Waals surface area contributed by atoms with Crippen molar-refractivity contribution in [3.05, 3.63) is 52.8 Å². The summed E-state index contributed by atoms with van der Waals surface area (Å²) in [5, 5.41) is 5.80. The highest BCUT2D eigenvalue weighted by Crippen LogP contribution is 2.36. The predicted molar refractivity (Wildman–Crippen MR) is 119 cm³/mol. The predicted octanol–water partition coefficient (Wildman–Crippen LogP) is 5.65. The van der Waals surface area contributed by atoms with Crippen molar-refractivity contribution in [2.24, 2.45) is 0 Å². The molecule has 0 atom stereocenters. The lowest BCUT2D eigenvalue weighted by Crippen LogP contribution is -2.40. The molecular weight excluding hydrogens is 474 g/mol. The van der Waals surface area contributed by atoms with Crippen LogP contribution in [0.4, 0.5) is 37.7 Å². The van der Waals surface area contributed by atoms with E-state index < -0.39 is 23.7 Å². The fourth-order valence-electron chi connectivity index (χ4n) is 4.72. The molecule has 0 spiro atoms. The standard InChI is InChI=1S/C24H26F6N4O/c1-34-10-2-3-14-11-15(4-9-19(14)34)22(35)32-17-7-5-16(6-8-17)31-18-12-20(23(25,26)27)33-21(13-18)24(28,29)30/h4,9,11-13,16-17H,2-3,5-8,10H2,1H3,(H,31,33)(H,32,35)/t16-,17+. The maximum Gasteiger partial charge on any atom is 0.433 e. The summed E-state index contributed by atoms with van der Waals surface area (Å²) in [6, 6.07) is 6.41. The minimum Gasteiger partial charge on any atom is -0.382 e. The maximum atomic E-state index is 13.0. The summed E-state index contributed by atoms with van der Waals surface area (Å²) in [6.07, 6.45) is -5.95. The van der Waals surface area contributed by atoms with Crippen molar-refractivity contribution in [3.8, 4) is 0 Å². The molecular formula is C24H26F6N4O. The number of anilines is 2. The highest BCUT2D eigenvalue weighted by Gasteiger charge is 2.39. The molecule has 0 bridgehead atoms. The number of nitrogens with one attached hydrogen (secondary N) is 2. The molecule has 4 rings (SSSR count). The van der Waals surface area contributed by atoms with Gasteiger partial charge < -0.3 is 15.5 Å². The zero-order valence-corrected chi connectivity index (χ0v) is 19.1. The van der Waals surface area contributed by atoms with Gasteiger partial charge in [0, 0.05) is 42.6 Å². The lowest BCUT2D eigenvalue weighted by Gasteiger charge is -2.31. The van der Waals surface area contributed by atoms with Crippen molar-refractivity contribution >= 4 is 17.3 Å². The zero-order chi connectivity index (χ0) is 25.4. The maximum absolute atomic E-state index is 13.0. The molecule has 1 fully saturated rings. The van der Waals surface area contributed by atoms with Gasteiger partial charge in [-0.2, -0.15) is 26.3 Å². The lowest BCUT2D eigenvalue weighted by molar-refractivity contribution is -0.150. The van der Waals surface area contributed by atoms with Crippen molar-refractivity contribution in [1.29, 1.82) is 0 Å². The molecule has 1 aromatic heterocycles. The van der Waals surface area contributed by atoms with Crippen LogP contribution in [-0.2, 0) is 18.8 Å². The average Bonchev–Trinajstić information content (AvgIpc) is 2.79. The number of alkyl halides is 6. The van der Waals surface area contributed by atoms with E-state index in [1.165, 1.54) is 0 Å². The highest BCUT2D eigenvalue weighted by atomic mass is 19.4. The Bertz CT molecular complexity index is 1040. The second-order valence-corrected chi connectivity index (χ2v) is 9.16. The number of pyridine rings is 1. The van der Waals surface area contributed by atoms with Crippen LogP contribution >= 0.6 is 0 Å². The normalized spacial score (nSPS) is 20.8. The van der Waals surface area contributed by atoms with Gasteiger partial charge in [0.2, 0.25) is 0 Å². The Labute approximate surface area is 198 Å². The number of aromatic nitrogens is 1. The van der Waals surface area contributed by atoms with E-state index >= 15 is 0 Å². The smallest absolute Gasteiger partial charge is 0.382 e. The molecule has 5 nitrogen and oxygen atoms in total. The molecule has 190 valence electrons. The van der Waals surface area contributed by atoms with E-state index in [-0.39, 0.29) is 23.7 Å². The van der Waals surface area contributed by atoms with Gasteiger partial charge in [-0.15, -0.1) is 0 Å². The Morgan fingerprint density at radius 1 is 0.943 bits per heavy atom. The van der Waals surface area contributed by atoms with Gasteiger partial charge >= 0.3 is 12.4 Å². The van der Waals surface area contributed by atoms with E-state index in [2.05, 4.69) is 20.5 Å². The number of hydrogen-bond acceptors (Lipinski definition) is 4. The Morgan fingerprint density at radius 2 is 1.54 bits per heavy atom. The third-order valence-electron chi connectivity index (χ3n) is 6.53. The fourth-order valence-corrected chi connectivity index (χ4v) is 4.72. The van der Waals surface area contributed by atoms with Crippen molar-refractivity contribution in [2.45, 2.75) is 63.0 Å². The third kappa shape index (κ3) is 5.99. The first-order chi connectivity index (χ1) is 16.4.